The molecule has 0 atom stereocenters. The molecule has 0 fully saturated rings. The highest BCUT2D eigenvalue weighted by Crippen LogP contribution is 2.29. The normalized spacial score (nSPS) is 10.4. The Bertz CT molecular complexity index is 920. The fourth-order valence-electron chi connectivity index (χ4n) is 2.46. The van der Waals surface area contributed by atoms with Gasteiger partial charge in [0.1, 0.15) is 28.8 Å². The molecule has 0 saturated heterocycles. The van der Waals surface area contributed by atoms with Crippen molar-refractivity contribution in [3.05, 3.63) is 59.1 Å². The smallest absolute Gasteiger partial charge is 0.347 e. The number of rotatable bonds is 8. The molecule has 3 rings (SSSR count). The number of carboxylic acid groups (broad SMARTS) is 1. The highest BCUT2D eigenvalue weighted by atomic mass is 32.1. The largest absolute Gasteiger partial charge is 0.493 e. The van der Waals surface area contributed by atoms with Crippen LogP contribution in [0.25, 0.3) is 10.6 Å². The average Bonchev–Trinajstić information content (AvgIpc) is 3.08. The lowest BCUT2D eigenvalue weighted by Crippen LogP contribution is -2.09. The van der Waals surface area contributed by atoms with Crippen molar-refractivity contribution in [1.82, 2.24) is 4.98 Å². The van der Waals surface area contributed by atoms with Crippen LogP contribution in [0, 0.1) is 6.92 Å². The Balaban J connectivity index is 1.55. The zero-order chi connectivity index (χ0) is 19.2. The van der Waals surface area contributed by atoms with Gasteiger partial charge in [-0.1, -0.05) is 12.1 Å². The van der Waals surface area contributed by atoms with Crippen LogP contribution >= 0.6 is 11.3 Å². The van der Waals surface area contributed by atoms with Crippen molar-refractivity contribution in [3.8, 4) is 27.8 Å². The number of thiazole rings is 1. The van der Waals surface area contributed by atoms with Crippen LogP contribution < -0.4 is 14.2 Å². The SMILES string of the molecule is COc1ccccc1OCCOc1ccc(-c2nc(C)c(C(=O)O)s2)cc1. The number of nitrogens with zero attached hydrogens (tertiary/aromatic N) is 1. The monoisotopic (exact) mass is 385 g/mol. The van der Waals surface area contributed by atoms with E-state index in [0.717, 1.165) is 5.56 Å². The molecule has 6 nitrogen and oxygen atoms in total. The number of carboxylic acids is 1. The summed E-state index contributed by atoms with van der Waals surface area (Å²) >= 11 is 1.17. The lowest BCUT2D eigenvalue weighted by atomic mass is 10.2. The van der Waals surface area contributed by atoms with E-state index in [9.17, 15) is 4.79 Å². The van der Waals surface area contributed by atoms with Gasteiger partial charge in [0, 0.05) is 5.56 Å². The number of para-hydroxylation sites is 2. The van der Waals surface area contributed by atoms with Gasteiger partial charge >= 0.3 is 5.97 Å². The van der Waals surface area contributed by atoms with E-state index in [1.54, 1.807) is 14.0 Å². The molecule has 0 bridgehead atoms. The van der Waals surface area contributed by atoms with E-state index in [1.807, 2.05) is 48.5 Å². The van der Waals surface area contributed by atoms with E-state index in [2.05, 4.69) is 4.98 Å². The summed E-state index contributed by atoms with van der Waals surface area (Å²) in [7, 11) is 1.60. The Hall–Kier alpha value is -3.06. The van der Waals surface area contributed by atoms with Crippen molar-refractivity contribution < 1.29 is 24.1 Å². The van der Waals surface area contributed by atoms with Gasteiger partial charge in [0.25, 0.3) is 0 Å². The molecule has 1 aromatic heterocycles. The number of aromatic nitrogens is 1. The lowest BCUT2D eigenvalue weighted by Gasteiger charge is -2.11. The maximum Gasteiger partial charge on any atom is 0.347 e. The van der Waals surface area contributed by atoms with Crippen LogP contribution in [0.1, 0.15) is 15.4 Å². The second kappa shape index (κ2) is 8.55. The van der Waals surface area contributed by atoms with Crippen molar-refractivity contribution in [3.63, 3.8) is 0 Å². The van der Waals surface area contributed by atoms with Gasteiger partial charge < -0.3 is 19.3 Å². The van der Waals surface area contributed by atoms with Crippen LogP contribution in [-0.2, 0) is 0 Å². The van der Waals surface area contributed by atoms with Crippen LogP contribution in [0.4, 0.5) is 0 Å². The Morgan fingerprint density at radius 1 is 1.04 bits per heavy atom. The summed E-state index contributed by atoms with van der Waals surface area (Å²) in [5.41, 5.74) is 1.38. The maximum absolute atomic E-state index is 11.1. The maximum atomic E-state index is 11.1. The lowest BCUT2D eigenvalue weighted by molar-refractivity contribution is 0.0701. The molecule has 0 radical (unpaired) electrons. The van der Waals surface area contributed by atoms with E-state index < -0.39 is 5.97 Å². The molecule has 0 amide bonds. The Morgan fingerprint density at radius 2 is 1.70 bits per heavy atom. The fourth-order valence-corrected chi connectivity index (χ4v) is 3.37. The summed E-state index contributed by atoms with van der Waals surface area (Å²) in [6.07, 6.45) is 0. The predicted octanol–water partition coefficient (Wildman–Crippen LogP) is 4.28. The second-order valence-corrected chi connectivity index (χ2v) is 6.61. The molecule has 0 saturated carbocycles. The minimum Gasteiger partial charge on any atom is -0.493 e. The molecule has 0 aliphatic rings. The van der Waals surface area contributed by atoms with Crippen molar-refractivity contribution >= 4 is 17.3 Å². The Morgan fingerprint density at radius 3 is 2.33 bits per heavy atom. The molecule has 0 aliphatic heterocycles. The van der Waals surface area contributed by atoms with Gasteiger partial charge in [-0.05, 0) is 43.3 Å². The Labute approximate surface area is 161 Å². The van der Waals surface area contributed by atoms with Crippen molar-refractivity contribution in [2.24, 2.45) is 0 Å². The topological polar surface area (TPSA) is 77.9 Å². The number of hydrogen-bond donors (Lipinski definition) is 1. The molecule has 2 aromatic carbocycles. The number of methoxy groups -OCH3 is 1. The third-order valence-electron chi connectivity index (χ3n) is 3.77. The summed E-state index contributed by atoms with van der Waals surface area (Å²) in [5, 5.41) is 9.81. The van der Waals surface area contributed by atoms with E-state index >= 15 is 0 Å². The highest BCUT2D eigenvalue weighted by molar-refractivity contribution is 7.17. The number of hydrogen-bond acceptors (Lipinski definition) is 6. The summed E-state index contributed by atoms with van der Waals surface area (Å²) < 4.78 is 16.6. The highest BCUT2D eigenvalue weighted by Gasteiger charge is 2.15. The first-order valence-corrected chi connectivity index (χ1v) is 9.10. The van der Waals surface area contributed by atoms with Crippen molar-refractivity contribution in [1.29, 1.82) is 0 Å². The standard InChI is InChI=1S/C20H19NO5S/c1-13-18(20(22)23)27-19(21-13)14-7-9-15(10-8-14)25-11-12-26-17-6-4-3-5-16(17)24-2/h3-10H,11-12H2,1-2H3,(H,22,23). The van der Waals surface area contributed by atoms with Crippen molar-refractivity contribution in [2.45, 2.75) is 6.92 Å². The van der Waals surface area contributed by atoms with Gasteiger partial charge in [0.15, 0.2) is 11.5 Å². The summed E-state index contributed by atoms with van der Waals surface area (Å²) in [6.45, 7) is 2.47. The number of aryl methyl sites for hydroxylation is 1. The molecule has 27 heavy (non-hydrogen) atoms. The van der Waals surface area contributed by atoms with Crippen molar-refractivity contribution in [2.75, 3.05) is 20.3 Å². The van der Waals surface area contributed by atoms with Crippen LogP contribution in [0.3, 0.4) is 0 Å². The third kappa shape index (κ3) is 4.57. The molecule has 0 unspecified atom stereocenters. The minimum absolute atomic E-state index is 0.263. The molecule has 0 aliphatic carbocycles. The number of aromatic carboxylic acids is 1. The van der Waals surface area contributed by atoms with Crippen LogP contribution in [0.5, 0.6) is 17.2 Å². The summed E-state index contributed by atoms with van der Waals surface area (Å²) in [6, 6.07) is 14.8. The molecular weight excluding hydrogens is 366 g/mol. The minimum atomic E-state index is -0.953. The zero-order valence-corrected chi connectivity index (χ0v) is 15.8. The van der Waals surface area contributed by atoms with Gasteiger partial charge in [-0.3, -0.25) is 0 Å². The van der Waals surface area contributed by atoms with Crippen LogP contribution in [0.15, 0.2) is 48.5 Å². The first-order valence-electron chi connectivity index (χ1n) is 8.28. The molecule has 1 N–H and O–H groups in total. The van der Waals surface area contributed by atoms with Gasteiger partial charge in [0.2, 0.25) is 0 Å². The number of ether oxygens (including phenoxy) is 3. The molecule has 1 heterocycles. The van der Waals surface area contributed by atoms with Gasteiger partial charge in [-0.2, -0.15) is 0 Å². The predicted molar refractivity (Wildman–Crippen MR) is 103 cm³/mol. The third-order valence-corrected chi connectivity index (χ3v) is 4.97. The van der Waals surface area contributed by atoms with E-state index in [-0.39, 0.29) is 4.88 Å². The van der Waals surface area contributed by atoms with Gasteiger partial charge in [-0.25, -0.2) is 9.78 Å². The van der Waals surface area contributed by atoms with E-state index in [0.29, 0.717) is 41.2 Å². The molecule has 7 heteroatoms. The van der Waals surface area contributed by atoms with Gasteiger partial charge in [0.05, 0.1) is 12.8 Å². The second-order valence-electron chi connectivity index (χ2n) is 5.61. The molecular formula is C20H19NO5S. The molecule has 0 spiro atoms. The van der Waals surface area contributed by atoms with Crippen LogP contribution in [-0.4, -0.2) is 36.4 Å². The number of carbonyl (C=O) groups is 1. The van der Waals surface area contributed by atoms with E-state index in [1.165, 1.54) is 11.3 Å². The number of benzene rings is 2. The molecule has 140 valence electrons. The molecule has 3 aromatic rings. The quantitative estimate of drug-likeness (QED) is 0.583. The van der Waals surface area contributed by atoms with Crippen LogP contribution in [0.2, 0.25) is 0 Å². The average molecular weight is 385 g/mol. The van der Waals surface area contributed by atoms with E-state index in [4.69, 9.17) is 19.3 Å². The van der Waals surface area contributed by atoms with Gasteiger partial charge in [-0.15, -0.1) is 11.3 Å². The first-order chi connectivity index (χ1) is 13.1. The zero-order valence-electron chi connectivity index (χ0n) is 15.0. The Kier molecular flexibility index (Phi) is 5.93. The first kappa shape index (κ1) is 18.7. The summed E-state index contributed by atoms with van der Waals surface area (Å²) in [4.78, 5) is 15.7. The fraction of sp³-hybridized carbons (Fsp3) is 0.200. The summed E-state index contributed by atoms with van der Waals surface area (Å²) in [5.74, 6) is 1.11.